The molecule has 1 aliphatic heterocycles. The molecule has 0 fully saturated rings. The molecule has 2 atom stereocenters. The van der Waals surface area contributed by atoms with Gasteiger partial charge in [0.05, 0.1) is 7.11 Å². The molecule has 2 N–H and O–H groups in total. The molecule has 0 amide bonds. The van der Waals surface area contributed by atoms with Crippen LogP contribution in [0, 0.1) is 0 Å². The van der Waals surface area contributed by atoms with Gasteiger partial charge in [-0.2, -0.15) is 0 Å². The molecule has 1 unspecified atom stereocenters. The van der Waals surface area contributed by atoms with Crippen LogP contribution in [0.1, 0.15) is 24.2 Å². The molecule has 1 heterocycles. The van der Waals surface area contributed by atoms with Crippen molar-refractivity contribution >= 4 is 11.9 Å². The molecule has 3 rings (SSSR count). The van der Waals surface area contributed by atoms with E-state index in [0.717, 1.165) is 11.1 Å². The second kappa shape index (κ2) is 8.09. The van der Waals surface area contributed by atoms with Crippen LogP contribution in [-0.4, -0.2) is 31.7 Å². The third-order valence-electron chi connectivity index (χ3n) is 4.14. The van der Waals surface area contributed by atoms with Crippen LogP contribution in [0.15, 0.2) is 42.5 Å². The van der Waals surface area contributed by atoms with Gasteiger partial charge in [0, 0.05) is 6.92 Å². The zero-order chi connectivity index (χ0) is 19.4. The molecule has 0 bridgehead atoms. The molecule has 0 radical (unpaired) electrons. The molecule has 142 valence electrons. The first kappa shape index (κ1) is 18.7. The maximum Gasteiger partial charge on any atom is 0.322 e. The number of fused-ring (bicyclic) bond motifs is 1. The number of ether oxygens (including phenoxy) is 4. The first-order chi connectivity index (χ1) is 13.0. The summed E-state index contributed by atoms with van der Waals surface area (Å²) in [6.45, 7) is 1.70. The van der Waals surface area contributed by atoms with Crippen LogP contribution in [0.5, 0.6) is 17.2 Å². The topological polar surface area (TPSA) is 97.1 Å². The van der Waals surface area contributed by atoms with Crippen molar-refractivity contribution in [1.29, 1.82) is 0 Å². The van der Waals surface area contributed by atoms with Crippen LogP contribution in [0.3, 0.4) is 0 Å². The second-order valence-corrected chi connectivity index (χ2v) is 6.20. The highest BCUT2D eigenvalue weighted by Gasteiger charge is 2.24. The van der Waals surface area contributed by atoms with Crippen molar-refractivity contribution in [2.75, 3.05) is 13.7 Å². The van der Waals surface area contributed by atoms with Gasteiger partial charge in [-0.3, -0.25) is 9.59 Å². The highest BCUT2D eigenvalue weighted by Crippen LogP contribution is 2.37. The van der Waals surface area contributed by atoms with Crippen molar-refractivity contribution in [2.24, 2.45) is 5.73 Å². The lowest BCUT2D eigenvalue weighted by Gasteiger charge is -2.27. The van der Waals surface area contributed by atoms with E-state index in [0.29, 0.717) is 30.3 Å². The molecule has 0 saturated carbocycles. The Morgan fingerprint density at radius 1 is 1.19 bits per heavy atom. The first-order valence-corrected chi connectivity index (χ1v) is 8.50. The molecule has 7 heteroatoms. The van der Waals surface area contributed by atoms with E-state index < -0.39 is 12.0 Å². The van der Waals surface area contributed by atoms with Gasteiger partial charge >= 0.3 is 11.9 Å². The molecule has 1 aliphatic rings. The Labute approximate surface area is 157 Å². The lowest BCUT2D eigenvalue weighted by atomic mass is 10.0. The van der Waals surface area contributed by atoms with E-state index in [4.69, 9.17) is 19.9 Å². The molecular weight excluding hydrogens is 350 g/mol. The van der Waals surface area contributed by atoms with Crippen LogP contribution < -0.4 is 19.9 Å². The van der Waals surface area contributed by atoms with Gasteiger partial charge in [-0.05, 0) is 41.8 Å². The Morgan fingerprint density at radius 2 is 1.93 bits per heavy atom. The third-order valence-corrected chi connectivity index (χ3v) is 4.14. The van der Waals surface area contributed by atoms with E-state index >= 15 is 0 Å². The van der Waals surface area contributed by atoms with Crippen LogP contribution in [-0.2, 0) is 20.7 Å². The summed E-state index contributed by atoms with van der Waals surface area (Å²) in [6.07, 6.45) is 0.0803. The summed E-state index contributed by atoms with van der Waals surface area (Å²) in [6, 6.07) is 11.8. The van der Waals surface area contributed by atoms with Gasteiger partial charge in [0.15, 0.2) is 17.6 Å². The van der Waals surface area contributed by atoms with E-state index in [-0.39, 0.29) is 12.1 Å². The Balaban J connectivity index is 1.68. The quantitative estimate of drug-likeness (QED) is 0.635. The van der Waals surface area contributed by atoms with Crippen molar-refractivity contribution in [3.8, 4) is 17.2 Å². The summed E-state index contributed by atoms with van der Waals surface area (Å²) in [4.78, 5) is 22.4. The van der Waals surface area contributed by atoms with Crippen LogP contribution >= 0.6 is 0 Å². The van der Waals surface area contributed by atoms with Crippen molar-refractivity contribution in [1.82, 2.24) is 0 Å². The number of esters is 2. The molecule has 2 aromatic rings. The van der Waals surface area contributed by atoms with Crippen LogP contribution in [0.2, 0.25) is 0 Å². The second-order valence-electron chi connectivity index (χ2n) is 6.20. The molecule has 7 nitrogen and oxygen atoms in total. The van der Waals surface area contributed by atoms with Gasteiger partial charge in [0.1, 0.15) is 18.4 Å². The fraction of sp³-hybridized carbons (Fsp3) is 0.300. The number of nitrogens with two attached hydrogens (primary N) is 1. The summed E-state index contributed by atoms with van der Waals surface area (Å²) < 4.78 is 21.5. The Hall–Kier alpha value is -3.06. The maximum atomic E-state index is 11.5. The summed E-state index contributed by atoms with van der Waals surface area (Å²) in [7, 11) is 1.31. The zero-order valence-electron chi connectivity index (χ0n) is 15.1. The maximum absolute atomic E-state index is 11.5. The fourth-order valence-electron chi connectivity index (χ4n) is 2.81. The van der Waals surface area contributed by atoms with Gasteiger partial charge in [-0.15, -0.1) is 0 Å². The van der Waals surface area contributed by atoms with E-state index in [2.05, 4.69) is 4.74 Å². The largest absolute Gasteiger partial charge is 0.485 e. The minimum Gasteiger partial charge on any atom is -0.485 e. The third kappa shape index (κ3) is 4.57. The highest BCUT2D eigenvalue weighted by molar-refractivity contribution is 5.75. The molecule has 0 saturated heterocycles. The standard InChI is InChI=1S/C20H21NO6/c1-12(22)26-15-6-4-14(5-7-15)19-11-25-18-10-13(3-8-17(18)27-19)9-16(21)20(23)24-2/h3-8,10,16,19H,9,11,21H2,1-2H3/t16?,19-/m1/s1. The molecule has 2 aromatic carbocycles. The molecular formula is C20H21NO6. The summed E-state index contributed by atoms with van der Waals surface area (Å²) in [5.41, 5.74) is 7.57. The van der Waals surface area contributed by atoms with Gasteiger partial charge < -0.3 is 24.7 Å². The van der Waals surface area contributed by atoms with Crippen molar-refractivity contribution in [3.05, 3.63) is 53.6 Å². The minimum absolute atomic E-state index is 0.271. The van der Waals surface area contributed by atoms with Crippen LogP contribution in [0.4, 0.5) is 0 Å². The zero-order valence-corrected chi connectivity index (χ0v) is 15.1. The number of carbonyl (C=O) groups excluding carboxylic acids is 2. The molecule has 27 heavy (non-hydrogen) atoms. The average Bonchev–Trinajstić information content (AvgIpc) is 2.67. The molecule has 0 aromatic heterocycles. The Bertz CT molecular complexity index is 833. The van der Waals surface area contributed by atoms with Crippen LogP contribution in [0.25, 0.3) is 0 Å². The minimum atomic E-state index is -0.721. The number of methoxy groups -OCH3 is 1. The summed E-state index contributed by atoms with van der Waals surface area (Å²) in [5, 5.41) is 0. The SMILES string of the molecule is COC(=O)C(N)Cc1ccc2c(c1)OC[C@H](c1ccc(OC(C)=O)cc1)O2. The summed E-state index contributed by atoms with van der Waals surface area (Å²) >= 11 is 0. The van der Waals surface area contributed by atoms with E-state index in [1.165, 1.54) is 14.0 Å². The molecule has 0 spiro atoms. The van der Waals surface area contributed by atoms with Crippen molar-refractivity contribution in [3.63, 3.8) is 0 Å². The highest BCUT2D eigenvalue weighted by atomic mass is 16.6. The monoisotopic (exact) mass is 371 g/mol. The average molecular weight is 371 g/mol. The number of carbonyl (C=O) groups is 2. The normalized spacial score (nSPS) is 16.3. The van der Waals surface area contributed by atoms with Gasteiger partial charge in [-0.25, -0.2) is 0 Å². The van der Waals surface area contributed by atoms with Crippen molar-refractivity contribution < 1.29 is 28.5 Å². The lowest BCUT2D eigenvalue weighted by Crippen LogP contribution is -2.33. The van der Waals surface area contributed by atoms with E-state index in [1.807, 2.05) is 24.3 Å². The molecule has 0 aliphatic carbocycles. The number of rotatable bonds is 5. The lowest BCUT2D eigenvalue weighted by molar-refractivity contribution is -0.142. The Morgan fingerprint density at radius 3 is 2.59 bits per heavy atom. The van der Waals surface area contributed by atoms with Gasteiger partial charge in [0.25, 0.3) is 0 Å². The predicted molar refractivity (Wildman–Crippen MR) is 96.8 cm³/mol. The number of hydrogen-bond acceptors (Lipinski definition) is 7. The van der Waals surface area contributed by atoms with Gasteiger partial charge in [0.2, 0.25) is 0 Å². The Kier molecular flexibility index (Phi) is 5.61. The predicted octanol–water partition coefficient (Wildman–Crippen LogP) is 2.17. The fourth-order valence-corrected chi connectivity index (χ4v) is 2.81. The number of hydrogen-bond donors (Lipinski definition) is 1. The smallest absolute Gasteiger partial charge is 0.322 e. The number of benzene rings is 2. The van der Waals surface area contributed by atoms with E-state index in [9.17, 15) is 9.59 Å². The van der Waals surface area contributed by atoms with E-state index in [1.54, 1.807) is 18.2 Å². The first-order valence-electron chi connectivity index (χ1n) is 8.50. The van der Waals surface area contributed by atoms with Gasteiger partial charge in [-0.1, -0.05) is 18.2 Å². The summed E-state index contributed by atoms with van der Waals surface area (Å²) in [5.74, 6) is 0.886. The van der Waals surface area contributed by atoms with Crippen molar-refractivity contribution in [2.45, 2.75) is 25.5 Å².